The lowest BCUT2D eigenvalue weighted by Gasteiger charge is -2.29. The molecule has 2 nitrogen and oxygen atoms in total. The minimum absolute atomic E-state index is 0.0472. The summed E-state index contributed by atoms with van der Waals surface area (Å²) in [5.74, 6) is 0.352. The predicted molar refractivity (Wildman–Crippen MR) is 86.0 cm³/mol. The number of aromatic nitrogens is 1. The molecule has 1 heterocycles. The van der Waals surface area contributed by atoms with Crippen molar-refractivity contribution in [1.29, 1.82) is 0 Å². The minimum atomic E-state index is 0.0472. The first-order valence-electron chi connectivity index (χ1n) is 6.70. The molecule has 1 aliphatic rings. The summed E-state index contributed by atoms with van der Waals surface area (Å²) in [6.07, 6.45) is 5.37. The molecule has 3 heteroatoms. The SMILES string of the molecule is NC(c1ccc(I)cc1)C1CCCc2cccnc21. The summed E-state index contributed by atoms with van der Waals surface area (Å²) in [5.41, 5.74) is 10.3. The number of pyridine rings is 1. The Morgan fingerprint density at radius 1 is 1.21 bits per heavy atom. The van der Waals surface area contributed by atoms with Crippen molar-refractivity contribution in [3.8, 4) is 0 Å². The third-order valence-electron chi connectivity index (χ3n) is 3.93. The molecule has 2 atom stereocenters. The molecule has 2 aromatic rings. The monoisotopic (exact) mass is 364 g/mol. The van der Waals surface area contributed by atoms with Gasteiger partial charge in [-0.3, -0.25) is 4.98 Å². The van der Waals surface area contributed by atoms with Crippen LogP contribution in [0.25, 0.3) is 0 Å². The highest BCUT2D eigenvalue weighted by Gasteiger charge is 2.27. The summed E-state index contributed by atoms with van der Waals surface area (Å²) in [7, 11) is 0. The van der Waals surface area contributed by atoms with E-state index in [1.807, 2.05) is 12.3 Å². The Balaban J connectivity index is 1.92. The van der Waals surface area contributed by atoms with Gasteiger partial charge < -0.3 is 5.73 Å². The molecule has 0 aliphatic heterocycles. The van der Waals surface area contributed by atoms with E-state index < -0.39 is 0 Å². The van der Waals surface area contributed by atoms with Gasteiger partial charge in [-0.25, -0.2) is 0 Å². The quantitative estimate of drug-likeness (QED) is 0.824. The second-order valence-electron chi connectivity index (χ2n) is 5.12. The Morgan fingerprint density at radius 3 is 2.79 bits per heavy atom. The van der Waals surface area contributed by atoms with Gasteiger partial charge in [0.1, 0.15) is 0 Å². The van der Waals surface area contributed by atoms with Gasteiger partial charge in [0.25, 0.3) is 0 Å². The fourth-order valence-electron chi connectivity index (χ4n) is 2.91. The summed E-state index contributed by atoms with van der Waals surface area (Å²) >= 11 is 2.32. The molecule has 1 aliphatic carbocycles. The average Bonchev–Trinajstić information content (AvgIpc) is 2.47. The van der Waals surface area contributed by atoms with E-state index >= 15 is 0 Å². The number of fused-ring (bicyclic) bond motifs is 1. The van der Waals surface area contributed by atoms with E-state index in [2.05, 4.69) is 57.9 Å². The van der Waals surface area contributed by atoms with Gasteiger partial charge in [0.05, 0.1) is 0 Å². The molecular formula is C16H17IN2. The van der Waals surface area contributed by atoms with Gasteiger partial charge in [-0.2, -0.15) is 0 Å². The third kappa shape index (κ3) is 2.67. The lowest BCUT2D eigenvalue weighted by atomic mass is 9.80. The molecule has 1 aromatic carbocycles. The van der Waals surface area contributed by atoms with E-state index in [4.69, 9.17) is 5.73 Å². The van der Waals surface area contributed by atoms with E-state index in [1.165, 1.54) is 26.8 Å². The van der Waals surface area contributed by atoms with E-state index in [0.717, 1.165) is 12.8 Å². The highest BCUT2D eigenvalue weighted by Crippen LogP contribution is 2.37. The Labute approximate surface area is 127 Å². The third-order valence-corrected chi connectivity index (χ3v) is 4.65. The van der Waals surface area contributed by atoms with Crippen LogP contribution >= 0.6 is 22.6 Å². The molecule has 0 fully saturated rings. The maximum absolute atomic E-state index is 6.49. The predicted octanol–water partition coefficient (Wildman–Crippen LogP) is 3.81. The van der Waals surface area contributed by atoms with E-state index in [0.29, 0.717) is 5.92 Å². The molecule has 3 rings (SSSR count). The zero-order valence-electron chi connectivity index (χ0n) is 10.7. The van der Waals surface area contributed by atoms with Gasteiger partial charge in [0.2, 0.25) is 0 Å². The molecule has 0 radical (unpaired) electrons. The van der Waals surface area contributed by atoms with Crippen molar-refractivity contribution in [2.45, 2.75) is 31.2 Å². The van der Waals surface area contributed by atoms with Crippen molar-refractivity contribution in [2.75, 3.05) is 0 Å². The van der Waals surface area contributed by atoms with Gasteiger partial charge in [0, 0.05) is 27.4 Å². The number of rotatable bonds is 2. The van der Waals surface area contributed by atoms with E-state index in [1.54, 1.807) is 0 Å². The number of hydrogen-bond donors (Lipinski definition) is 1. The lowest BCUT2D eigenvalue weighted by Crippen LogP contribution is -2.24. The van der Waals surface area contributed by atoms with Crippen molar-refractivity contribution in [2.24, 2.45) is 5.73 Å². The molecule has 19 heavy (non-hydrogen) atoms. The molecule has 98 valence electrons. The standard InChI is InChI=1S/C16H17IN2/c17-13-8-6-11(7-9-13)15(18)14-5-1-3-12-4-2-10-19-16(12)14/h2,4,6-10,14-15H,1,3,5,18H2. The van der Waals surface area contributed by atoms with Crippen LogP contribution in [0.2, 0.25) is 0 Å². The molecule has 0 saturated carbocycles. The number of aryl methyl sites for hydroxylation is 1. The van der Waals surface area contributed by atoms with Crippen LogP contribution in [0.4, 0.5) is 0 Å². The van der Waals surface area contributed by atoms with Crippen molar-refractivity contribution in [3.05, 3.63) is 63.0 Å². The largest absolute Gasteiger partial charge is 0.323 e. The number of nitrogens with zero attached hydrogens (tertiary/aromatic N) is 1. The summed E-state index contributed by atoms with van der Waals surface area (Å²) in [5, 5.41) is 0. The highest BCUT2D eigenvalue weighted by molar-refractivity contribution is 14.1. The fraction of sp³-hybridized carbons (Fsp3) is 0.312. The first-order valence-corrected chi connectivity index (χ1v) is 7.78. The molecule has 1 aromatic heterocycles. The van der Waals surface area contributed by atoms with Crippen molar-refractivity contribution in [3.63, 3.8) is 0 Å². The second-order valence-corrected chi connectivity index (χ2v) is 6.37. The smallest absolute Gasteiger partial charge is 0.0485 e. The fourth-order valence-corrected chi connectivity index (χ4v) is 3.27. The zero-order chi connectivity index (χ0) is 13.2. The van der Waals surface area contributed by atoms with E-state index in [9.17, 15) is 0 Å². The van der Waals surface area contributed by atoms with Gasteiger partial charge in [-0.15, -0.1) is 0 Å². The Bertz CT molecular complexity index is 565. The van der Waals surface area contributed by atoms with Crippen molar-refractivity contribution < 1.29 is 0 Å². The number of nitrogens with two attached hydrogens (primary N) is 1. The van der Waals surface area contributed by atoms with Crippen molar-refractivity contribution >= 4 is 22.6 Å². The summed E-state index contributed by atoms with van der Waals surface area (Å²) < 4.78 is 1.25. The summed E-state index contributed by atoms with van der Waals surface area (Å²) in [4.78, 5) is 4.58. The van der Waals surface area contributed by atoms with Crippen LogP contribution in [0, 0.1) is 3.57 Å². The molecule has 0 saturated heterocycles. The number of hydrogen-bond acceptors (Lipinski definition) is 2. The Hall–Kier alpha value is -0.940. The van der Waals surface area contributed by atoms with E-state index in [-0.39, 0.29) is 6.04 Å². The number of benzene rings is 1. The first kappa shape index (κ1) is 13.1. The normalized spacial score (nSPS) is 19.8. The highest BCUT2D eigenvalue weighted by atomic mass is 127. The second kappa shape index (κ2) is 5.59. The van der Waals surface area contributed by atoms with Crippen LogP contribution in [-0.2, 0) is 6.42 Å². The Kier molecular flexibility index (Phi) is 3.84. The molecular weight excluding hydrogens is 347 g/mol. The number of halogens is 1. The topological polar surface area (TPSA) is 38.9 Å². The van der Waals surface area contributed by atoms with Gasteiger partial charge in [0.15, 0.2) is 0 Å². The van der Waals surface area contributed by atoms with Crippen LogP contribution in [0.1, 0.15) is 41.6 Å². The van der Waals surface area contributed by atoms with Gasteiger partial charge >= 0.3 is 0 Å². The van der Waals surface area contributed by atoms with Crippen LogP contribution in [0.3, 0.4) is 0 Å². The summed E-state index contributed by atoms with van der Waals surface area (Å²) in [6.45, 7) is 0. The van der Waals surface area contributed by atoms with Crippen LogP contribution in [0.5, 0.6) is 0 Å². The molecule has 0 bridgehead atoms. The average molecular weight is 364 g/mol. The molecule has 2 unspecified atom stereocenters. The van der Waals surface area contributed by atoms with Crippen LogP contribution < -0.4 is 5.73 Å². The molecule has 0 amide bonds. The first-order chi connectivity index (χ1) is 9.25. The van der Waals surface area contributed by atoms with Gasteiger partial charge in [-0.1, -0.05) is 18.2 Å². The van der Waals surface area contributed by atoms with Gasteiger partial charge in [-0.05, 0) is 71.2 Å². The maximum atomic E-state index is 6.49. The molecule has 0 spiro atoms. The molecule has 2 N–H and O–H groups in total. The Morgan fingerprint density at radius 2 is 2.00 bits per heavy atom. The van der Waals surface area contributed by atoms with Crippen molar-refractivity contribution in [1.82, 2.24) is 4.98 Å². The van der Waals surface area contributed by atoms with Crippen LogP contribution in [0.15, 0.2) is 42.6 Å². The lowest BCUT2D eigenvalue weighted by molar-refractivity contribution is 0.463. The maximum Gasteiger partial charge on any atom is 0.0485 e. The van der Waals surface area contributed by atoms with Crippen LogP contribution in [-0.4, -0.2) is 4.98 Å². The minimum Gasteiger partial charge on any atom is -0.323 e. The zero-order valence-corrected chi connectivity index (χ0v) is 12.9. The summed E-state index contributed by atoms with van der Waals surface area (Å²) in [6, 6.07) is 12.8.